The van der Waals surface area contributed by atoms with Crippen LogP contribution in [0, 0.1) is 18.8 Å². The van der Waals surface area contributed by atoms with Crippen LogP contribution in [0.25, 0.3) is 0 Å². The highest BCUT2D eigenvalue weighted by molar-refractivity contribution is 5.42. The van der Waals surface area contributed by atoms with E-state index in [1.165, 1.54) is 0 Å². The summed E-state index contributed by atoms with van der Waals surface area (Å²) in [5.74, 6) is 6.05. The van der Waals surface area contributed by atoms with E-state index in [2.05, 4.69) is 11.8 Å². The number of aliphatic hydroxyl groups is 1. The molecule has 1 aromatic rings. The lowest BCUT2D eigenvalue weighted by Gasteiger charge is -2.00. The minimum absolute atomic E-state index is 0.0807. The molecule has 1 rings (SSSR count). The Morgan fingerprint density at radius 1 is 1.43 bits per heavy atom. The summed E-state index contributed by atoms with van der Waals surface area (Å²) in [4.78, 5) is 0. The minimum Gasteiger partial charge on any atom is -0.392 e. The highest BCUT2D eigenvalue weighted by Gasteiger charge is 1.95. The van der Waals surface area contributed by atoms with Gasteiger partial charge in [-0.05, 0) is 24.1 Å². The van der Waals surface area contributed by atoms with E-state index < -0.39 is 0 Å². The van der Waals surface area contributed by atoms with Gasteiger partial charge in [0.2, 0.25) is 0 Å². The normalized spacial score (nSPS) is 9.36. The first kappa shape index (κ1) is 10.8. The Morgan fingerprint density at radius 2 is 2.21 bits per heavy atom. The van der Waals surface area contributed by atoms with Gasteiger partial charge < -0.3 is 10.8 Å². The van der Waals surface area contributed by atoms with E-state index in [-0.39, 0.29) is 6.61 Å². The van der Waals surface area contributed by atoms with Gasteiger partial charge in [0.15, 0.2) is 0 Å². The topological polar surface area (TPSA) is 46.2 Å². The molecule has 14 heavy (non-hydrogen) atoms. The van der Waals surface area contributed by atoms with Gasteiger partial charge in [0.25, 0.3) is 0 Å². The summed E-state index contributed by atoms with van der Waals surface area (Å²) in [6, 6.07) is 5.77. The van der Waals surface area contributed by atoms with Crippen LogP contribution < -0.4 is 5.73 Å². The maximum absolute atomic E-state index is 8.91. The molecular weight excluding hydrogens is 174 g/mol. The van der Waals surface area contributed by atoms with Gasteiger partial charge in [-0.3, -0.25) is 0 Å². The molecule has 0 aliphatic rings. The van der Waals surface area contributed by atoms with E-state index in [0.29, 0.717) is 6.54 Å². The molecule has 1 aromatic carbocycles. The molecule has 0 aliphatic carbocycles. The molecule has 0 saturated carbocycles. The minimum atomic E-state index is 0.0807. The molecule has 0 aliphatic heterocycles. The van der Waals surface area contributed by atoms with Crippen LogP contribution in [0.4, 0.5) is 0 Å². The molecule has 3 N–H and O–H groups in total. The van der Waals surface area contributed by atoms with Gasteiger partial charge in [-0.2, -0.15) is 0 Å². The third kappa shape index (κ3) is 2.88. The van der Waals surface area contributed by atoms with E-state index in [0.717, 1.165) is 23.1 Å². The molecule has 0 bridgehead atoms. The first-order valence-corrected chi connectivity index (χ1v) is 4.67. The third-order valence-electron chi connectivity index (χ3n) is 1.97. The molecule has 2 nitrogen and oxygen atoms in total. The fourth-order valence-electron chi connectivity index (χ4n) is 1.19. The average molecular weight is 189 g/mol. The van der Waals surface area contributed by atoms with Crippen LogP contribution in [-0.2, 0) is 6.61 Å². The second kappa shape index (κ2) is 5.43. The van der Waals surface area contributed by atoms with Crippen molar-refractivity contribution in [2.24, 2.45) is 5.73 Å². The van der Waals surface area contributed by atoms with E-state index in [1.807, 2.05) is 25.1 Å². The van der Waals surface area contributed by atoms with Gasteiger partial charge in [0, 0.05) is 18.5 Å². The predicted octanol–water partition coefficient (Wildman–Crippen LogP) is 1.19. The third-order valence-corrected chi connectivity index (χ3v) is 1.97. The number of rotatable bonds is 2. The monoisotopic (exact) mass is 189 g/mol. The Labute approximate surface area is 84.8 Å². The lowest BCUT2D eigenvalue weighted by molar-refractivity contribution is 0.282. The zero-order chi connectivity index (χ0) is 10.4. The second-order valence-electron chi connectivity index (χ2n) is 3.15. The fraction of sp³-hybridized carbons (Fsp3) is 0.333. The molecule has 0 amide bonds. The number of hydrogen-bond donors (Lipinski definition) is 2. The standard InChI is InChI=1S/C12H15NO/c1-10-8-11(9-14)5-6-12(10)4-2-3-7-13/h5-6,8,14H,3,7,9,13H2,1H3. The van der Waals surface area contributed by atoms with Crippen molar-refractivity contribution >= 4 is 0 Å². The SMILES string of the molecule is Cc1cc(CO)ccc1C#CCCN. The van der Waals surface area contributed by atoms with Crippen molar-refractivity contribution in [3.8, 4) is 11.8 Å². The molecule has 2 heteroatoms. The van der Waals surface area contributed by atoms with Crippen LogP contribution in [0.2, 0.25) is 0 Å². The summed E-state index contributed by atoms with van der Waals surface area (Å²) in [7, 11) is 0. The number of aryl methyl sites for hydroxylation is 1. The van der Waals surface area contributed by atoms with Gasteiger partial charge in [0.1, 0.15) is 0 Å². The summed E-state index contributed by atoms with van der Waals surface area (Å²) in [6.07, 6.45) is 0.723. The molecule has 0 heterocycles. The largest absolute Gasteiger partial charge is 0.392 e. The molecule has 0 radical (unpaired) electrons. The first-order valence-electron chi connectivity index (χ1n) is 4.67. The number of aliphatic hydroxyl groups excluding tert-OH is 1. The summed E-state index contributed by atoms with van der Waals surface area (Å²) >= 11 is 0. The van der Waals surface area contributed by atoms with Crippen molar-refractivity contribution in [1.29, 1.82) is 0 Å². The van der Waals surface area contributed by atoms with Crippen LogP contribution in [-0.4, -0.2) is 11.7 Å². The average Bonchev–Trinajstić information content (AvgIpc) is 2.20. The van der Waals surface area contributed by atoms with Crippen LogP contribution in [0.3, 0.4) is 0 Å². The van der Waals surface area contributed by atoms with Crippen LogP contribution in [0.5, 0.6) is 0 Å². The van der Waals surface area contributed by atoms with E-state index in [9.17, 15) is 0 Å². The first-order chi connectivity index (χ1) is 6.77. The van der Waals surface area contributed by atoms with Crippen LogP contribution in [0.15, 0.2) is 18.2 Å². The molecule has 0 atom stereocenters. The number of benzene rings is 1. The second-order valence-corrected chi connectivity index (χ2v) is 3.15. The van der Waals surface area contributed by atoms with E-state index >= 15 is 0 Å². The van der Waals surface area contributed by atoms with Gasteiger partial charge in [0.05, 0.1) is 6.61 Å². The Balaban J connectivity index is 2.85. The Bertz CT molecular complexity index is 360. The van der Waals surface area contributed by atoms with Crippen molar-refractivity contribution in [2.75, 3.05) is 6.54 Å². The molecule has 0 aromatic heterocycles. The molecule has 74 valence electrons. The predicted molar refractivity (Wildman–Crippen MR) is 57.7 cm³/mol. The zero-order valence-electron chi connectivity index (χ0n) is 8.38. The van der Waals surface area contributed by atoms with Crippen molar-refractivity contribution < 1.29 is 5.11 Å². The molecule has 0 spiro atoms. The Morgan fingerprint density at radius 3 is 2.79 bits per heavy atom. The molecule has 0 fully saturated rings. The van der Waals surface area contributed by atoms with Gasteiger partial charge in [-0.15, -0.1) is 0 Å². The number of hydrogen-bond acceptors (Lipinski definition) is 2. The summed E-state index contributed by atoms with van der Waals surface area (Å²) in [5.41, 5.74) is 8.37. The van der Waals surface area contributed by atoms with E-state index in [1.54, 1.807) is 0 Å². The lowest BCUT2D eigenvalue weighted by Crippen LogP contribution is -1.95. The van der Waals surface area contributed by atoms with Gasteiger partial charge in [-0.1, -0.05) is 24.0 Å². The maximum atomic E-state index is 8.91. The highest BCUT2D eigenvalue weighted by atomic mass is 16.3. The summed E-state index contributed by atoms with van der Waals surface area (Å²) < 4.78 is 0. The summed E-state index contributed by atoms with van der Waals surface area (Å²) in [5, 5.41) is 8.91. The molecule has 0 unspecified atom stereocenters. The van der Waals surface area contributed by atoms with E-state index in [4.69, 9.17) is 10.8 Å². The Hall–Kier alpha value is -1.30. The zero-order valence-corrected chi connectivity index (χ0v) is 8.38. The Kier molecular flexibility index (Phi) is 4.18. The summed E-state index contributed by atoms with van der Waals surface area (Å²) in [6.45, 7) is 2.67. The fourth-order valence-corrected chi connectivity index (χ4v) is 1.19. The molecule has 0 saturated heterocycles. The highest BCUT2D eigenvalue weighted by Crippen LogP contribution is 2.09. The van der Waals surface area contributed by atoms with Crippen molar-refractivity contribution in [2.45, 2.75) is 20.0 Å². The van der Waals surface area contributed by atoms with Crippen molar-refractivity contribution in [1.82, 2.24) is 0 Å². The number of nitrogens with two attached hydrogens (primary N) is 1. The quantitative estimate of drug-likeness (QED) is 0.686. The van der Waals surface area contributed by atoms with Gasteiger partial charge in [-0.25, -0.2) is 0 Å². The molecular formula is C12H15NO. The van der Waals surface area contributed by atoms with Crippen LogP contribution in [0.1, 0.15) is 23.1 Å². The lowest BCUT2D eigenvalue weighted by atomic mass is 10.1. The van der Waals surface area contributed by atoms with Crippen molar-refractivity contribution in [3.05, 3.63) is 34.9 Å². The van der Waals surface area contributed by atoms with Crippen molar-refractivity contribution in [3.63, 3.8) is 0 Å². The van der Waals surface area contributed by atoms with Crippen LogP contribution >= 0.6 is 0 Å². The van der Waals surface area contributed by atoms with Gasteiger partial charge >= 0.3 is 0 Å². The maximum Gasteiger partial charge on any atom is 0.0681 e. The smallest absolute Gasteiger partial charge is 0.0681 e.